The molecule has 0 aliphatic heterocycles. The van der Waals surface area contributed by atoms with E-state index in [1.807, 2.05) is 0 Å². The lowest BCUT2D eigenvalue weighted by molar-refractivity contribution is -0.560. The number of hydrogen-bond donors (Lipinski definition) is 1. The van der Waals surface area contributed by atoms with E-state index in [1.165, 1.54) is 13.8 Å². The Kier molecular flexibility index (Phi) is 2.72. The molecule has 2 N–H and O–H groups in total. The van der Waals surface area contributed by atoms with Crippen molar-refractivity contribution in [2.24, 2.45) is 11.7 Å². The van der Waals surface area contributed by atoms with Gasteiger partial charge < -0.3 is 5.73 Å². The molecule has 0 heterocycles. The fourth-order valence-corrected chi connectivity index (χ4v) is 1.70. The minimum Gasteiger partial charge on any atom is -0.401 e. The monoisotopic (exact) mass is 227 g/mol. The molecular weight excluding hydrogens is 214 g/mol. The molecular formula is C9H13N3O4. The van der Waals surface area contributed by atoms with Crippen LogP contribution in [-0.2, 0) is 0 Å². The molecule has 0 aromatic heterocycles. The molecule has 1 rings (SSSR count). The smallest absolute Gasteiger partial charge is 0.277 e. The Morgan fingerprint density at radius 1 is 1.44 bits per heavy atom. The Hall–Kier alpha value is -1.92. The third kappa shape index (κ3) is 1.54. The molecule has 0 saturated heterocycles. The Labute approximate surface area is 91.9 Å². The zero-order chi connectivity index (χ0) is 12.7. The van der Waals surface area contributed by atoms with Gasteiger partial charge in [-0.2, -0.15) is 0 Å². The summed E-state index contributed by atoms with van der Waals surface area (Å²) >= 11 is 0. The first-order valence-corrected chi connectivity index (χ1v) is 4.70. The van der Waals surface area contributed by atoms with Gasteiger partial charge in [-0.05, 0) is 13.8 Å². The molecule has 7 heteroatoms. The van der Waals surface area contributed by atoms with Crippen LogP contribution >= 0.6 is 0 Å². The molecule has 1 aliphatic rings. The highest BCUT2D eigenvalue weighted by Gasteiger charge is 2.49. The molecule has 0 aromatic rings. The summed E-state index contributed by atoms with van der Waals surface area (Å²) in [7, 11) is 0. The van der Waals surface area contributed by atoms with Gasteiger partial charge in [0.25, 0.3) is 11.2 Å². The molecule has 1 aliphatic carbocycles. The van der Waals surface area contributed by atoms with Gasteiger partial charge in [-0.15, -0.1) is 0 Å². The van der Waals surface area contributed by atoms with Crippen molar-refractivity contribution in [2.45, 2.75) is 26.3 Å². The van der Waals surface area contributed by atoms with Gasteiger partial charge in [0.2, 0.25) is 0 Å². The predicted octanol–water partition coefficient (Wildman–Crippen LogP) is 1.06. The van der Waals surface area contributed by atoms with Crippen molar-refractivity contribution in [3.63, 3.8) is 0 Å². The van der Waals surface area contributed by atoms with Crippen molar-refractivity contribution in [1.82, 2.24) is 0 Å². The first-order valence-electron chi connectivity index (χ1n) is 4.70. The van der Waals surface area contributed by atoms with Crippen LogP contribution in [-0.4, -0.2) is 15.4 Å². The molecule has 0 radical (unpaired) electrons. The predicted molar refractivity (Wildman–Crippen MR) is 56.5 cm³/mol. The molecule has 16 heavy (non-hydrogen) atoms. The second-order valence-corrected chi connectivity index (χ2v) is 4.07. The van der Waals surface area contributed by atoms with Gasteiger partial charge in [0, 0.05) is 23.1 Å². The lowest BCUT2D eigenvalue weighted by Gasteiger charge is -2.28. The van der Waals surface area contributed by atoms with Crippen molar-refractivity contribution in [3.8, 4) is 0 Å². The summed E-state index contributed by atoms with van der Waals surface area (Å²) in [6.07, 6.45) is 1.07. The standard InChI is InChI=1S/C9H13N3O4/c1-5-7(11(13)14)4-9(3,12(15)16)6(2)8(5)10/h4,6H,10H2,1-3H3. The summed E-state index contributed by atoms with van der Waals surface area (Å²) in [6, 6.07) is 0. The van der Waals surface area contributed by atoms with Crippen LogP contribution in [0.1, 0.15) is 20.8 Å². The summed E-state index contributed by atoms with van der Waals surface area (Å²) in [5.74, 6) is -0.564. The molecule has 2 unspecified atom stereocenters. The summed E-state index contributed by atoms with van der Waals surface area (Å²) < 4.78 is 0. The topological polar surface area (TPSA) is 112 Å². The van der Waals surface area contributed by atoms with Crippen molar-refractivity contribution in [3.05, 3.63) is 43.3 Å². The minimum absolute atomic E-state index is 0.202. The first kappa shape index (κ1) is 12.2. The Bertz CT molecular complexity index is 426. The Morgan fingerprint density at radius 2 is 1.94 bits per heavy atom. The normalized spacial score (nSPS) is 29.9. The van der Waals surface area contributed by atoms with Crippen LogP contribution in [0.2, 0.25) is 0 Å². The summed E-state index contributed by atoms with van der Waals surface area (Å²) in [5.41, 5.74) is 4.39. The molecule has 0 amide bonds. The van der Waals surface area contributed by atoms with Crippen molar-refractivity contribution < 1.29 is 9.85 Å². The number of hydrogen-bond acceptors (Lipinski definition) is 5. The molecule has 0 fully saturated rings. The number of allylic oxidation sites excluding steroid dienone is 1. The first-order chi connectivity index (χ1) is 7.21. The number of rotatable bonds is 2. The van der Waals surface area contributed by atoms with E-state index in [0.29, 0.717) is 5.57 Å². The molecule has 0 bridgehead atoms. The van der Waals surface area contributed by atoms with Gasteiger partial charge in [-0.1, -0.05) is 0 Å². The number of nitro groups is 2. The third-order valence-electron chi connectivity index (χ3n) is 3.18. The summed E-state index contributed by atoms with van der Waals surface area (Å²) in [4.78, 5) is 20.5. The third-order valence-corrected chi connectivity index (χ3v) is 3.18. The van der Waals surface area contributed by atoms with E-state index >= 15 is 0 Å². The van der Waals surface area contributed by atoms with E-state index < -0.39 is 21.3 Å². The van der Waals surface area contributed by atoms with Crippen LogP contribution in [0.25, 0.3) is 0 Å². The number of nitrogens with two attached hydrogens (primary N) is 1. The van der Waals surface area contributed by atoms with E-state index in [0.717, 1.165) is 6.08 Å². The zero-order valence-corrected chi connectivity index (χ0v) is 9.26. The lowest BCUT2D eigenvalue weighted by Crippen LogP contribution is -2.45. The maximum Gasteiger partial charge on any atom is 0.277 e. The van der Waals surface area contributed by atoms with Crippen LogP contribution in [0.15, 0.2) is 23.0 Å². The van der Waals surface area contributed by atoms with Gasteiger partial charge in [-0.3, -0.25) is 20.2 Å². The summed E-state index contributed by atoms with van der Waals surface area (Å²) in [6.45, 7) is 4.43. The van der Waals surface area contributed by atoms with E-state index in [9.17, 15) is 20.2 Å². The van der Waals surface area contributed by atoms with E-state index in [2.05, 4.69) is 0 Å². The Balaban J connectivity index is 3.41. The van der Waals surface area contributed by atoms with E-state index in [1.54, 1.807) is 6.92 Å². The Morgan fingerprint density at radius 3 is 2.31 bits per heavy atom. The van der Waals surface area contributed by atoms with Gasteiger partial charge in [0.1, 0.15) is 0 Å². The zero-order valence-electron chi connectivity index (χ0n) is 9.26. The van der Waals surface area contributed by atoms with E-state index in [4.69, 9.17) is 5.73 Å². The highest BCUT2D eigenvalue weighted by molar-refractivity contribution is 5.37. The second kappa shape index (κ2) is 3.58. The lowest BCUT2D eigenvalue weighted by atomic mass is 9.78. The summed E-state index contributed by atoms with van der Waals surface area (Å²) in [5, 5.41) is 21.7. The molecule has 88 valence electrons. The molecule has 2 atom stereocenters. The van der Waals surface area contributed by atoms with Gasteiger partial charge in [0.15, 0.2) is 0 Å². The van der Waals surface area contributed by atoms with Crippen LogP contribution in [0.5, 0.6) is 0 Å². The average Bonchev–Trinajstić information content (AvgIpc) is 2.19. The molecule has 7 nitrogen and oxygen atoms in total. The van der Waals surface area contributed by atoms with Crippen molar-refractivity contribution in [2.75, 3.05) is 0 Å². The SMILES string of the molecule is CC1=C(N)C(C)C(C)([N+](=O)[O-])C=C1[N+](=O)[O-]. The molecule has 0 saturated carbocycles. The van der Waals surface area contributed by atoms with Gasteiger partial charge >= 0.3 is 0 Å². The van der Waals surface area contributed by atoms with Gasteiger partial charge in [-0.25, -0.2) is 0 Å². The molecule has 0 spiro atoms. The molecule has 0 aromatic carbocycles. The van der Waals surface area contributed by atoms with Crippen LogP contribution in [0, 0.1) is 26.1 Å². The average molecular weight is 227 g/mol. The minimum atomic E-state index is -1.52. The van der Waals surface area contributed by atoms with Crippen LogP contribution in [0.4, 0.5) is 0 Å². The maximum absolute atomic E-state index is 11.0. The number of nitrogens with zero attached hydrogens (tertiary/aromatic N) is 2. The van der Waals surface area contributed by atoms with Crippen molar-refractivity contribution >= 4 is 0 Å². The van der Waals surface area contributed by atoms with Gasteiger partial charge in [0.05, 0.1) is 16.9 Å². The second-order valence-electron chi connectivity index (χ2n) is 4.07. The van der Waals surface area contributed by atoms with Crippen molar-refractivity contribution in [1.29, 1.82) is 0 Å². The van der Waals surface area contributed by atoms with E-state index in [-0.39, 0.29) is 11.4 Å². The quantitative estimate of drug-likeness (QED) is 0.559. The fraction of sp³-hybridized carbons (Fsp3) is 0.556. The fourth-order valence-electron chi connectivity index (χ4n) is 1.70. The highest BCUT2D eigenvalue weighted by atomic mass is 16.6. The largest absolute Gasteiger partial charge is 0.401 e. The maximum atomic E-state index is 11.0. The van der Waals surface area contributed by atoms with Crippen LogP contribution in [0.3, 0.4) is 0 Å². The van der Waals surface area contributed by atoms with Crippen LogP contribution < -0.4 is 5.73 Å². The highest BCUT2D eigenvalue weighted by Crippen LogP contribution is 2.36.